The summed E-state index contributed by atoms with van der Waals surface area (Å²) in [5.41, 5.74) is 0.237. The fraction of sp³-hybridized carbons (Fsp3) is 0.517. The van der Waals surface area contributed by atoms with Crippen molar-refractivity contribution in [1.29, 1.82) is 5.26 Å². The van der Waals surface area contributed by atoms with Crippen LogP contribution in [0.4, 0.5) is 4.79 Å². The lowest BCUT2D eigenvalue weighted by Crippen LogP contribution is -2.52. The normalized spacial score (nSPS) is 14.2. The SMILES string of the molecule is COc1ccc(S(=O)(=O)N(CC(O)C(Cc2ccccc2)NC(=O)OC(C)CN(C)O)CC(C)(C)CCC#N)cc1. The fourth-order valence-electron chi connectivity index (χ4n) is 4.36. The van der Waals surface area contributed by atoms with Gasteiger partial charge in [0.25, 0.3) is 0 Å². The number of likely N-dealkylation sites (N-methyl/N-ethyl adjacent to an activating group) is 1. The third-order valence-electron chi connectivity index (χ3n) is 6.50. The molecule has 0 radical (unpaired) electrons. The highest BCUT2D eigenvalue weighted by Gasteiger charge is 2.35. The number of carbonyl (C=O) groups is 1. The summed E-state index contributed by atoms with van der Waals surface area (Å²) in [5, 5.41) is 33.6. The minimum atomic E-state index is -4.09. The molecule has 2 aromatic rings. The standard InChI is InChI=1S/C29H42N4O7S/c1-22(19-32(4)36)40-28(35)31-26(18-23-10-7-6-8-11-23)27(34)20-33(21-29(2,3)16-9-17-30)41(37,38)25-14-12-24(39-5)13-15-25/h6-8,10-15,22,26-27,34,36H,9,16,18-21H2,1-5H3,(H,31,35). The zero-order valence-corrected chi connectivity index (χ0v) is 25.2. The van der Waals surface area contributed by atoms with Gasteiger partial charge in [0.15, 0.2) is 0 Å². The number of aliphatic hydroxyl groups excluding tert-OH is 1. The van der Waals surface area contributed by atoms with Crippen LogP contribution in [0.15, 0.2) is 59.5 Å². The number of carbonyl (C=O) groups excluding carboxylic acids is 1. The summed E-state index contributed by atoms with van der Waals surface area (Å²) in [6.45, 7) is 5.12. The summed E-state index contributed by atoms with van der Waals surface area (Å²) >= 11 is 0. The van der Waals surface area contributed by atoms with Gasteiger partial charge < -0.3 is 25.1 Å². The van der Waals surface area contributed by atoms with Gasteiger partial charge in [-0.2, -0.15) is 14.6 Å². The Bertz CT molecular complexity index is 1230. The van der Waals surface area contributed by atoms with Gasteiger partial charge in [-0.05, 0) is 55.0 Å². The zero-order valence-electron chi connectivity index (χ0n) is 24.4. The van der Waals surface area contributed by atoms with E-state index < -0.39 is 39.8 Å². The smallest absolute Gasteiger partial charge is 0.407 e. The highest BCUT2D eigenvalue weighted by molar-refractivity contribution is 7.89. The summed E-state index contributed by atoms with van der Waals surface area (Å²) in [6, 6.07) is 16.3. The maximum absolute atomic E-state index is 13.8. The summed E-state index contributed by atoms with van der Waals surface area (Å²) in [6.07, 6.45) is -1.87. The molecule has 0 heterocycles. The summed E-state index contributed by atoms with van der Waals surface area (Å²) < 4.78 is 39.4. The number of amides is 1. The van der Waals surface area contributed by atoms with E-state index in [4.69, 9.17) is 14.7 Å². The second kappa shape index (κ2) is 15.7. The second-order valence-corrected chi connectivity index (χ2v) is 12.8. The fourth-order valence-corrected chi connectivity index (χ4v) is 6.01. The molecule has 0 aromatic heterocycles. The number of aliphatic hydroxyl groups is 1. The maximum atomic E-state index is 13.8. The number of rotatable bonds is 16. The molecule has 226 valence electrons. The van der Waals surface area contributed by atoms with E-state index in [2.05, 4.69) is 11.4 Å². The topological polar surface area (TPSA) is 152 Å². The maximum Gasteiger partial charge on any atom is 0.407 e. The van der Waals surface area contributed by atoms with Gasteiger partial charge in [-0.1, -0.05) is 44.2 Å². The van der Waals surface area contributed by atoms with Gasteiger partial charge in [0.1, 0.15) is 11.9 Å². The number of hydrogen-bond acceptors (Lipinski definition) is 9. The Balaban J connectivity index is 2.38. The molecular formula is C29H42N4O7S. The van der Waals surface area contributed by atoms with E-state index >= 15 is 0 Å². The van der Waals surface area contributed by atoms with Crippen molar-refractivity contribution >= 4 is 16.1 Å². The predicted octanol–water partition coefficient (Wildman–Crippen LogP) is 3.42. The molecule has 0 spiro atoms. The molecule has 0 aliphatic rings. The van der Waals surface area contributed by atoms with E-state index in [1.807, 2.05) is 44.2 Å². The van der Waals surface area contributed by atoms with Gasteiger partial charge in [0.05, 0.1) is 36.8 Å². The molecule has 1 amide bonds. The van der Waals surface area contributed by atoms with Crippen LogP contribution in [0, 0.1) is 16.7 Å². The van der Waals surface area contributed by atoms with Crippen molar-refractivity contribution < 1.29 is 33.0 Å². The minimum Gasteiger partial charge on any atom is -0.497 e. The lowest BCUT2D eigenvalue weighted by molar-refractivity contribution is -0.0884. The zero-order chi connectivity index (χ0) is 30.6. The molecule has 2 aromatic carbocycles. The van der Waals surface area contributed by atoms with Gasteiger partial charge in [-0.15, -0.1) is 0 Å². The van der Waals surface area contributed by atoms with Crippen LogP contribution < -0.4 is 10.1 Å². The summed E-state index contributed by atoms with van der Waals surface area (Å²) in [5.74, 6) is 0.497. The van der Waals surface area contributed by atoms with Crippen LogP contribution >= 0.6 is 0 Å². The van der Waals surface area contributed by atoms with E-state index in [9.17, 15) is 23.5 Å². The molecule has 3 unspecified atom stereocenters. The number of hydrogen-bond donors (Lipinski definition) is 3. The van der Waals surface area contributed by atoms with Crippen LogP contribution in [0.1, 0.15) is 39.2 Å². The van der Waals surface area contributed by atoms with Crippen LogP contribution in [0.25, 0.3) is 0 Å². The lowest BCUT2D eigenvalue weighted by Gasteiger charge is -2.34. The quantitative estimate of drug-likeness (QED) is 0.250. The van der Waals surface area contributed by atoms with Crippen LogP contribution in [-0.4, -0.2) is 86.2 Å². The molecule has 0 saturated heterocycles. The average Bonchev–Trinajstić information content (AvgIpc) is 2.91. The Morgan fingerprint density at radius 1 is 1.12 bits per heavy atom. The first kappa shape index (κ1) is 34.0. The number of sulfonamides is 1. The van der Waals surface area contributed by atoms with Gasteiger partial charge in [0, 0.05) is 26.6 Å². The molecule has 12 heteroatoms. The van der Waals surface area contributed by atoms with Crippen LogP contribution in [0.2, 0.25) is 0 Å². The first-order valence-electron chi connectivity index (χ1n) is 13.4. The van der Waals surface area contributed by atoms with Crippen molar-refractivity contribution in [2.45, 2.75) is 63.2 Å². The molecule has 11 nitrogen and oxygen atoms in total. The van der Waals surface area contributed by atoms with Crippen LogP contribution in [0.3, 0.4) is 0 Å². The van der Waals surface area contributed by atoms with Gasteiger partial charge in [0.2, 0.25) is 10.0 Å². The Morgan fingerprint density at radius 3 is 2.32 bits per heavy atom. The van der Waals surface area contributed by atoms with Gasteiger partial charge in [-0.3, -0.25) is 0 Å². The number of ether oxygens (including phenoxy) is 2. The summed E-state index contributed by atoms with van der Waals surface area (Å²) in [4.78, 5) is 12.8. The van der Waals surface area contributed by atoms with Crippen molar-refractivity contribution in [1.82, 2.24) is 14.7 Å². The Labute approximate surface area is 243 Å². The second-order valence-electron chi connectivity index (χ2n) is 10.9. The molecule has 3 atom stereocenters. The Kier molecular flexibility index (Phi) is 13.0. The third-order valence-corrected chi connectivity index (χ3v) is 8.33. The van der Waals surface area contributed by atoms with E-state index in [0.29, 0.717) is 12.2 Å². The number of nitriles is 1. The first-order valence-corrected chi connectivity index (χ1v) is 14.8. The lowest BCUT2D eigenvalue weighted by atomic mass is 9.88. The number of alkyl carbamates (subject to hydrolysis) is 1. The number of nitrogens with zero attached hydrogens (tertiary/aromatic N) is 3. The monoisotopic (exact) mass is 590 g/mol. The summed E-state index contributed by atoms with van der Waals surface area (Å²) in [7, 11) is -1.18. The average molecular weight is 591 g/mol. The molecule has 2 rings (SSSR count). The van der Waals surface area contributed by atoms with E-state index in [1.165, 1.54) is 30.6 Å². The van der Waals surface area contributed by atoms with Crippen LogP contribution in [-0.2, 0) is 21.2 Å². The van der Waals surface area contributed by atoms with Gasteiger partial charge in [-0.25, -0.2) is 13.2 Å². The van der Waals surface area contributed by atoms with Gasteiger partial charge >= 0.3 is 6.09 Å². The molecule has 3 N–H and O–H groups in total. The molecule has 0 aliphatic heterocycles. The molecule has 0 aliphatic carbocycles. The number of benzene rings is 2. The van der Waals surface area contributed by atoms with E-state index in [-0.39, 0.29) is 37.4 Å². The number of nitrogens with one attached hydrogen (secondary N) is 1. The number of hydroxylamine groups is 2. The largest absolute Gasteiger partial charge is 0.497 e. The molecule has 41 heavy (non-hydrogen) atoms. The third kappa shape index (κ3) is 11.3. The first-order chi connectivity index (χ1) is 19.3. The Hall–Kier alpha value is -3.21. The highest BCUT2D eigenvalue weighted by Crippen LogP contribution is 2.28. The van der Waals surface area contributed by atoms with Crippen LogP contribution in [0.5, 0.6) is 5.75 Å². The Morgan fingerprint density at radius 2 is 1.76 bits per heavy atom. The van der Waals surface area contributed by atoms with Crippen molar-refractivity contribution in [2.24, 2.45) is 5.41 Å². The van der Waals surface area contributed by atoms with Crippen molar-refractivity contribution in [3.8, 4) is 11.8 Å². The molecular weight excluding hydrogens is 548 g/mol. The van der Waals surface area contributed by atoms with E-state index in [1.54, 1.807) is 19.1 Å². The van der Waals surface area contributed by atoms with Crippen molar-refractivity contribution in [3.63, 3.8) is 0 Å². The van der Waals surface area contributed by atoms with E-state index in [0.717, 1.165) is 10.6 Å². The molecule has 0 saturated carbocycles. The highest BCUT2D eigenvalue weighted by atomic mass is 32.2. The molecule has 0 fully saturated rings. The van der Waals surface area contributed by atoms with Crippen molar-refractivity contribution in [2.75, 3.05) is 33.8 Å². The number of methoxy groups -OCH3 is 1. The molecule has 0 bridgehead atoms. The predicted molar refractivity (Wildman–Crippen MR) is 154 cm³/mol. The minimum absolute atomic E-state index is 0.0236. The van der Waals surface area contributed by atoms with Crippen molar-refractivity contribution in [3.05, 3.63) is 60.2 Å².